The highest BCUT2D eigenvalue weighted by atomic mass is 16.7. The number of fused-ring (bicyclic) bond motifs is 1. The largest absolute Gasteiger partial charge is 0.454 e. The quantitative estimate of drug-likeness (QED) is 0.472. The molecule has 0 fully saturated rings. The van der Waals surface area contributed by atoms with E-state index < -0.39 is 0 Å². The summed E-state index contributed by atoms with van der Waals surface area (Å²) in [4.78, 5) is 16.4. The van der Waals surface area contributed by atoms with Crippen molar-refractivity contribution in [1.29, 1.82) is 0 Å². The summed E-state index contributed by atoms with van der Waals surface area (Å²) in [5, 5.41) is 9.49. The van der Waals surface area contributed by atoms with E-state index in [1.54, 1.807) is 7.05 Å². The van der Waals surface area contributed by atoms with Gasteiger partial charge in [0.15, 0.2) is 17.5 Å². The Morgan fingerprint density at radius 3 is 2.69 bits per heavy atom. The lowest BCUT2D eigenvalue weighted by Gasteiger charge is -2.13. The van der Waals surface area contributed by atoms with Gasteiger partial charge >= 0.3 is 0 Å². The number of aliphatic imine (C=N–C) groups is 1. The highest BCUT2D eigenvalue weighted by molar-refractivity contribution is 5.94. The zero-order chi connectivity index (χ0) is 20.5. The summed E-state index contributed by atoms with van der Waals surface area (Å²) < 4.78 is 10.8. The molecule has 0 radical (unpaired) electrons. The van der Waals surface area contributed by atoms with Gasteiger partial charge in [0, 0.05) is 32.2 Å². The average Bonchev–Trinajstić information content (AvgIpc) is 3.22. The maximum absolute atomic E-state index is 12.1. The van der Waals surface area contributed by atoms with Crippen molar-refractivity contribution in [1.82, 2.24) is 16.0 Å². The second kappa shape index (κ2) is 10.4. The summed E-state index contributed by atoms with van der Waals surface area (Å²) in [5.74, 6) is 2.27. The lowest BCUT2D eigenvalue weighted by molar-refractivity contribution is 0.0953. The fourth-order valence-corrected chi connectivity index (χ4v) is 2.99. The number of hydrogen-bond acceptors (Lipinski definition) is 4. The molecule has 0 saturated carbocycles. The Labute approximate surface area is 171 Å². The Kier molecular flexibility index (Phi) is 7.33. The third kappa shape index (κ3) is 5.88. The number of guanidine groups is 1. The Hall–Kier alpha value is -3.22. The summed E-state index contributed by atoms with van der Waals surface area (Å²) in [6, 6.07) is 13.6. The molecule has 2 aromatic carbocycles. The lowest BCUT2D eigenvalue weighted by Crippen LogP contribution is -2.37. The molecule has 0 atom stereocenters. The van der Waals surface area contributed by atoms with E-state index >= 15 is 0 Å². The van der Waals surface area contributed by atoms with Gasteiger partial charge < -0.3 is 25.4 Å². The Balaban J connectivity index is 1.46. The minimum absolute atomic E-state index is 0.0417. The van der Waals surface area contributed by atoms with Crippen molar-refractivity contribution in [2.75, 3.05) is 26.9 Å². The number of amides is 1. The maximum atomic E-state index is 12.1. The minimum Gasteiger partial charge on any atom is -0.454 e. The number of nitrogens with zero attached hydrogens (tertiary/aromatic N) is 1. The van der Waals surface area contributed by atoms with E-state index in [-0.39, 0.29) is 12.7 Å². The molecular weight excluding hydrogens is 368 g/mol. The van der Waals surface area contributed by atoms with Crippen LogP contribution in [-0.2, 0) is 13.0 Å². The van der Waals surface area contributed by atoms with E-state index in [1.165, 1.54) is 5.56 Å². The maximum Gasteiger partial charge on any atom is 0.251 e. The van der Waals surface area contributed by atoms with Gasteiger partial charge in [0.05, 0.1) is 0 Å². The van der Waals surface area contributed by atoms with Crippen LogP contribution in [0.15, 0.2) is 47.5 Å². The molecule has 1 amide bonds. The van der Waals surface area contributed by atoms with Crippen LogP contribution in [0.1, 0.15) is 34.8 Å². The number of rotatable bonds is 8. The first kappa shape index (κ1) is 20.5. The molecule has 2 aromatic rings. The normalized spacial score (nSPS) is 12.6. The predicted molar refractivity (Wildman–Crippen MR) is 114 cm³/mol. The van der Waals surface area contributed by atoms with Crippen LogP contribution in [-0.4, -0.2) is 38.8 Å². The zero-order valence-corrected chi connectivity index (χ0v) is 17.0. The van der Waals surface area contributed by atoms with Gasteiger partial charge in [-0.15, -0.1) is 0 Å². The van der Waals surface area contributed by atoms with E-state index in [0.717, 1.165) is 36.4 Å². The van der Waals surface area contributed by atoms with E-state index in [9.17, 15) is 4.79 Å². The van der Waals surface area contributed by atoms with Crippen molar-refractivity contribution >= 4 is 11.9 Å². The van der Waals surface area contributed by atoms with Crippen molar-refractivity contribution in [2.45, 2.75) is 26.3 Å². The third-order valence-electron chi connectivity index (χ3n) is 4.55. The van der Waals surface area contributed by atoms with Crippen LogP contribution in [0.2, 0.25) is 0 Å². The minimum atomic E-state index is -0.0417. The molecule has 0 bridgehead atoms. The molecule has 0 aromatic heterocycles. The Morgan fingerprint density at radius 2 is 1.86 bits per heavy atom. The highest BCUT2D eigenvalue weighted by Crippen LogP contribution is 2.32. The van der Waals surface area contributed by atoms with Gasteiger partial charge in [-0.05, 0) is 48.2 Å². The molecule has 3 rings (SSSR count). The molecule has 3 N–H and O–H groups in total. The van der Waals surface area contributed by atoms with Crippen molar-refractivity contribution < 1.29 is 14.3 Å². The van der Waals surface area contributed by atoms with Gasteiger partial charge in [0.1, 0.15) is 0 Å². The standard InChI is InChI=1S/C22H28N4O3/c1-3-10-24-21(27)18-6-4-5-17(12-18)14-26-22(23-2)25-11-9-16-7-8-19-20(13-16)29-15-28-19/h4-8,12-13H,3,9-11,14-15H2,1-2H3,(H,24,27)(H2,23,25,26). The second-order valence-corrected chi connectivity index (χ2v) is 6.75. The zero-order valence-electron chi connectivity index (χ0n) is 17.0. The van der Waals surface area contributed by atoms with Crippen molar-refractivity contribution in [2.24, 2.45) is 4.99 Å². The molecule has 1 aliphatic rings. The van der Waals surface area contributed by atoms with Gasteiger partial charge in [0.2, 0.25) is 6.79 Å². The van der Waals surface area contributed by atoms with Crippen LogP contribution in [0.5, 0.6) is 11.5 Å². The van der Waals surface area contributed by atoms with E-state index in [4.69, 9.17) is 9.47 Å². The highest BCUT2D eigenvalue weighted by Gasteiger charge is 2.13. The van der Waals surface area contributed by atoms with Gasteiger partial charge in [0.25, 0.3) is 5.91 Å². The van der Waals surface area contributed by atoms with Crippen LogP contribution in [0.4, 0.5) is 0 Å². The van der Waals surface area contributed by atoms with Gasteiger partial charge in [-0.2, -0.15) is 0 Å². The van der Waals surface area contributed by atoms with Crippen LogP contribution >= 0.6 is 0 Å². The molecule has 0 aliphatic carbocycles. The molecule has 1 aliphatic heterocycles. The number of ether oxygens (including phenoxy) is 2. The van der Waals surface area contributed by atoms with E-state index in [1.807, 2.05) is 49.4 Å². The number of hydrogen-bond donors (Lipinski definition) is 3. The molecular formula is C22H28N4O3. The summed E-state index contributed by atoms with van der Waals surface area (Å²) in [6.07, 6.45) is 1.76. The molecule has 7 heteroatoms. The first-order chi connectivity index (χ1) is 14.2. The molecule has 7 nitrogen and oxygen atoms in total. The topological polar surface area (TPSA) is 84.0 Å². The number of carbonyl (C=O) groups excluding carboxylic acids is 1. The first-order valence-corrected chi connectivity index (χ1v) is 9.89. The monoisotopic (exact) mass is 396 g/mol. The molecule has 29 heavy (non-hydrogen) atoms. The van der Waals surface area contributed by atoms with Crippen molar-refractivity contribution in [3.8, 4) is 11.5 Å². The number of benzene rings is 2. The van der Waals surface area contributed by atoms with Crippen LogP contribution in [0, 0.1) is 0 Å². The van der Waals surface area contributed by atoms with Crippen LogP contribution < -0.4 is 25.4 Å². The van der Waals surface area contributed by atoms with Gasteiger partial charge in [-0.25, -0.2) is 0 Å². The predicted octanol–water partition coefficient (Wildman–Crippen LogP) is 2.46. The SMILES string of the molecule is CCCNC(=O)c1cccc(CNC(=NC)NCCc2ccc3c(c2)OCO3)c1. The van der Waals surface area contributed by atoms with E-state index in [2.05, 4.69) is 20.9 Å². The molecule has 0 unspecified atom stereocenters. The molecule has 154 valence electrons. The molecule has 1 heterocycles. The van der Waals surface area contributed by atoms with Gasteiger partial charge in [-0.3, -0.25) is 9.79 Å². The Morgan fingerprint density at radius 1 is 1.00 bits per heavy atom. The summed E-state index contributed by atoms with van der Waals surface area (Å²) >= 11 is 0. The fraction of sp³-hybridized carbons (Fsp3) is 0.364. The Bertz CT molecular complexity index is 867. The van der Waals surface area contributed by atoms with Crippen molar-refractivity contribution in [3.63, 3.8) is 0 Å². The number of nitrogens with one attached hydrogen (secondary N) is 3. The molecule has 0 saturated heterocycles. The summed E-state index contributed by atoms with van der Waals surface area (Å²) in [6.45, 7) is 4.32. The van der Waals surface area contributed by atoms with Crippen LogP contribution in [0.25, 0.3) is 0 Å². The lowest BCUT2D eigenvalue weighted by atomic mass is 10.1. The molecule has 0 spiro atoms. The number of carbonyl (C=O) groups is 1. The summed E-state index contributed by atoms with van der Waals surface area (Å²) in [5.41, 5.74) is 2.86. The fourth-order valence-electron chi connectivity index (χ4n) is 2.99. The second-order valence-electron chi connectivity index (χ2n) is 6.75. The first-order valence-electron chi connectivity index (χ1n) is 9.89. The van der Waals surface area contributed by atoms with Crippen LogP contribution in [0.3, 0.4) is 0 Å². The van der Waals surface area contributed by atoms with Crippen molar-refractivity contribution in [3.05, 3.63) is 59.2 Å². The third-order valence-corrected chi connectivity index (χ3v) is 4.55. The summed E-state index contributed by atoms with van der Waals surface area (Å²) in [7, 11) is 1.74. The smallest absolute Gasteiger partial charge is 0.251 e. The van der Waals surface area contributed by atoms with Gasteiger partial charge in [-0.1, -0.05) is 25.1 Å². The average molecular weight is 396 g/mol. The van der Waals surface area contributed by atoms with E-state index in [0.29, 0.717) is 24.6 Å².